The second-order valence-electron chi connectivity index (χ2n) is 5.22. The summed E-state index contributed by atoms with van der Waals surface area (Å²) in [7, 11) is 0. The molecule has 0 aromatic carbocycles. The molecule has 0 aromatic heterocycles. The first-order valence-electron chi connectivity index (χ1n) is 6.44. The number of hydrogen-bond donors (Lipinski definition) is 5. The lowest BCUT2D eigenvalue weighted by molar-refractivity contribution is -0.311. The third-order valence-electron chi connectivity index (χ3n) is 3.30. The minimum absolute atomic E-state index is 0.147. The number of carbonyl (C=O) groups is 1. The SMILES string of the molecule is CCCOC1(C(=O)O)C[C@@](C)(S)[C@@H](O)[C@@H]([C@H](O)CO)O1. The monoisotopic (exact) mass is 310 g/mol. The number of thiol groups is 1. The molecule has 20 heavy (non-hydrogen) atoms. The summed E-state index contributed by atoms with van der Waals surface area (Å²) in [6.07, 6.45) is -3.58. The van der Waals surface area contributed by atoms with Crippen LogP contribution < -0.4 is 0 Å². The molecule has 1 heterocycles. The molecule has 1 fully saturated rings. The van der Waals surface area contributed by atoms with Gasteiger partial charge in [0.15, 0.2) is 0 Å². The first kappa shape index (κ1) is 17.7. The minimum Gasteiger partial charge on any atom is -0.477 e. The number of carboxylic acids is 1. The maximum absolute atomic E-state index is 11.5. The highest BCUT2D eigenvalue weighted by molar-refractivity contribution is 7.81. The van der Waals surface area contributed by atoms with Crippen LogP contribution in [0.15, 0.2) is 0 Å². The molecular weight excluding hydrogens is 288 g/mol. The molecule has 1 aliphatic rings. The van der Waals surface area contributed by atoms with Crippen molar-refractivity contribution in [3.8, 4) is 0 Å². The molecule has 8 heteroatoms. The maximum atomic E-state index is 11.5. The molecule has 7 nitrogen and oxygen atoms in total. The van der Waals surface area contributed by atoms with Gasteiger partial charge in [-0.15, -0.1) is 0 Å². The van der Waals surface area contributed by atoms with Crippen LogP contribution in [0, 0.1) is 0 Å². The lowest BCUT2D eigenvalue weighted by Gasteiger charge is -2.48. The zero-order chi connectivity index (χ0) is 15.6. The van der Waals surface area contributed by atoms with Crippen molar-refractivity contribution in [2.24, 2.45) is 0 Å². The van der Waals surface area contributed by atoms with Gasteiger partial charge in [0.05, 0.1) is 19.3 Å². The highest BCUT2D eigenvalue weighted by Crippen LogP contribution is 2.41. The van der Waals surface area contributed by atoms with Crippen molar-refractivity contribution in [2.45, 2.75) is 55.5 Å². The summed E-state index contributed by atoms with van der Waals surface area (Å²) >= 11 is 4.27. The Hall–Kier alpha value is -0.380. The van der Waals surface area contributed by atoms with E-state index in [0.29, 0.717) is 6.42 Å². The van der Waals surface area contributed by atoms with Gasteiger partial charge in [-0.1, -0.05) is 6.92 Å². The second kappa shape index (κ2) is 6.59. The second-order valence-corrected chi connectivity index (χ2v) is 6.24. The number of hydrogen-bond acceptors (Lipinski definition) is 7. The Morgan fingerprint density at radius 2 is 2.20 bits per heavy atom. The fourth-order valence-electron chi connectivity index (χ4n) is 2.19. The topological polar surface area (TPSA) is 116 Å². The Morgan fingerprint density at radius 3 is 2.65 bits per heavy atom. The van der Waals surface area contributed by atoms with Gasteiger partial charge in [0.1, 0.15) is 12.2 Å². The number of carboxylic acid groups (broad SMARTS) is 1. The van der Waals surface area contributed by atoms with Crippen molar-refractivity contribution < 1.29 is 34.7 Å². The van der Waals surface area contributed by atoms with E-state index in [1.54, 1.807) is 0 Å². The standard InChI is InChI=1S/C12H22O7S/c1-3-4-18-12(10(16)17)6-11(2,20)9(15)8(19-12)7(14)5-13/h7-9,13-15,20H,3-6H2,1-2H3,(H,16,17)/t7-,8-,9+,11-,12?/m1/s1. The van der Waals surface area contributed by atoms with Gasteiger partial charge in [0.2, 0.25) is 0 Å². The minimum atomic E-state index is -1.99. The summed E-state index contributed by atoms with van der Waals surface area (Å²) in [5, 5.41) is 38.2. The fraction of sp³-hybridized carbons (Fsp3) is 0.917. The van der Waals surface area contributed by atoms with Crippen LogP contribution in [-0.2, 0) is 14.3 Å². The van der Waals surface area contributed by atoms with Crippen molar-refractivity contribution in [2.75, 3.05) is 13.2 Å². The van der Waals surface area contributed by atoms with Crippen molar-refractivity contribution in [1.82, 2.24) is 0 Å². The molecule has 1 aliphatic heterocycles. The molecule has 0 aromatic rings. The van der Waals surface area contributed by atoms with Gasteiger partial charge in [-0.25, -0.2) is 4.79 Å². The zero-order valence-corrected chi connectivity index (χ0v) is 12.4. The van der Waals surface area contributed by atoms with Crippen molar-refractivity contribution in [1.29, 1.82) is 0 Å². The van der Waals surface area contributed by atoms with Crippen LogP contribution in [0.25, 0.3) is 0 Å². The van der Waals surface area contributed by atoms with Crippen LogP contribution in [0.5, 0.6) is 0 Å². The normalized spacial score (nSPS) is 39.5. The predicted molar refractivity (Wildman–Crippen MR) is 72.6 cm³/mol. The molecule has 4 N–H and O–H groups in total. The van der Waals surface area contributed by atoms with E-state index in [4.69, 9.17) is 14.6 Å². The lowest BCUT2D eigenvalue weighted by atomic mass is 9.85. The summed E-state index contributed by atoms with van der Waals surface area (Å²) in [4.78, 5) is 11.5. The highest BCUT2D eigenvalue weighted by atomic mass is 32.1. The van der Waals surface area contributed by atoms with Gasteiger partial charge in [-0.3, -0.25) is 0 Å². The van der Waals surface area contributed by atoms with Crippen LogP contribution in [0.2, 0.25) is 0 Å². The van der Waals surface area contributed by atoms with E-state index in [1.807, 2.05) is 6.92 Å². The molecule has 0 spiro atoms. The van der Waals surface area contributed by atoms with Crippen molar-refractivity contribution in [3.63, 3.8) is 0 Å². The third-order valence-corrected chi connectivity index (χ3v) is 3.72. The van der Waals surface area contributed by atoms with E-state index in [-0.39, 0.29) is 13.0 Å². The van der Waals surface area contributed by atoms with Crippen LogP contribution in [-0.4, -0.2) is 68.5 Å². The number of aliphatic carboxylic acids is 1. The van der Waals surface area contributed by atoms with Gasteiger partial charge in [0, 0.05) is 11.2 Å². The average molecular weight is 310 g/mol. The molecule has 0 amide bonds. The highest BCUT2D eigenvalue weighted by Gasteiger charge is 2.58. The number of aliphatic hydroxyl groups is 3. The largest absolute Gasteiger partial charge is 0.477 e. The Kier molecular flexibility index (Phi) is 5.82. The molecule has 118 valence electrons. The Bertz CT molecular complexity index is 349. The van der Waals surface area contributed by atoms with Crippen LogP contribution in [0.4, 0.5) is 0 Å². The van der Waals surface area contributed by atoms with Crippen LogP contribution in [0.3, 0.4) is 0 Å². The van der Waals surface area contributed by atoms with E-state index < -0.39 is 41.4 Å². The van der Waals surface area contributed by atoms with E-state index in [2.05, 4.69) is 12.6 Å². The smallest absolute Gasteiger partial charge is 0.364 e. The number of aliphatic hydroxyl groups excluding tert-OH is 3. The van der Waals surface area contributed by atoms with E-state index in [0.717, 1.165) is 0 Å². The summed E-state index contributed by atoms with van der Waals surface area (Å²) in [5.74, 6) is -3.35. The van der Waals surface area contributed by atoms with Gasteiger partial charge in [-0.05, 0) is 13.3 Å². The van der Waals surface area contributed by atoms with Gasteiger partial charge in [-0.2, -0.15) is 12.6 Å². The first-order valence-corrected chi connectivity index (χ1v) is 6.89. The maximum Gasteiger partial charge on any atom is 0.364 e. The van der Waals surface area contributed by atoms with Crippen molar-refractivity contribution >= 4 is 18.6 Å². The van der Waals surface area contributed by atoms with Crippen molar-refractivity contribution in [3.05, 3.63) is 0 Å². The summed E-state index contributed by atoms with van der Waals surface area (Å²) in [6.45, 7) is 2.82. The molecule has 1 saturated heterocycles. The molecule has 0 radical (unpaired) electrons. The summed E-state index contributed by atoms with van der Waals surface area (Å²) in [6, 6.07) is 0. The average Bonchev–Trinajstić information content (AvgIpc) is 2.38. The van der Waals surface area contributed by atoms with E-state index in [9.17, 15) is 20.1 Å². The Labute approximate surface area is 122 Å². The quantitative estimate of drug-likeness (QED) is 0.415. The molecule has 0 bridgehead atoms. The fourth-order valence-corrected chi connectivity index (χ4v) is 2.54. The molecular formula is C12H22O7S. The predicted octanol–water partition coefficient (Wildman–Crippen LogP) is -0.615. The summed E-state index contributed by atoms with van der Waals surface area (Å²) < 4.78 is 9.48. The molecule has 0 aliphatic carbocycles. The van der Waals surface area contributed by atoms with Gasteiger partial charge < -0.3 is 29.9 Å². The number of rotatable bonds is 6. The van der Waals surface area contributed by atoms with E-state index >= 15 is 0 Å². The molecule has 0 saturated carbocycles. The number of ether oxygens (including phenoxy) is 2. The van der Waals surface area contributed by atoms with Gasteiger partial charge >= 0.3 is 5.97 Å². The van der Waals surface area contributed by atoms with Crippen LogP contribution in [0.1, 0.15) is 26.7 Å². The Morgan fingerprint density at radius 1 is 1.60 bits per heavy atom. The van der Waals surface area contributed by atoms with E-state index in [1.165, 1.54) is 6.92 Å². The van der Waals surface area contributed by atoms with Crippen LogP contribution >= 0.6 is 12.6 Å². The van der Waals surface area contributed by atoms with Gasteiger partial charge in [0.25, 0.3) is 5.79 Å². The summed E-state index contributed by atoms with van der Waals surface area (Å²) in [5.41, 5.74) is 0. The lowest BCUT2D eigenvalue weighted by Crippen LogP contribution is -2.65. The first-order chi connectivity index (χ1) is 9.20. The Balaban J connectivity index is 3.10. The molecule has 5 atom stereocenters. The zero-order valence-electron chi connectivity index (χ0n) is 11.5. The third kappa shape index (κ3) is 3.44. The molecule has 1 rings (SSSR count). The molecule has 1 unspecified atom stereocenters.